The molecule has 1 atom stereocenters. The van der Waals surface area contributed by atoms with Gasteiger partial charge in [0.1, 0.15) is 6.04 Å². The monoisotopic (exact) mass is 348 g/mol. The van der Waals surface area contributed by atoms with Crippen molar-refractivity contribution in [1.82, 2.24) is 5.32 Å². The van der Waals surface area contributed by atoms with Crippen molar-refractivity contribution in [2.24, 2.45) is 0 Å². The topological polar surface area (TPSA) is 41.1 Å². The molecular formula is C11H14Br2N2O. The van der Waals surface area contributed by atoms with Crippen LogP contribution in [0.3, 0.4) is 0 Å². The molecule has 0 bridgehead atoms. The number of hydrogen-bond donors (Lipinski definition) is 2. The summed E-state index contributed by atoms with van der Waals surface area (Å²) in [6, 6.07) is 5.53. The van der Waals surface area contributed by atoms with Crippen LogP contribution in [0.1, 0.15) is 13.8 Å². The van der Waals surface area contributed by atoms with Gasteiger partial charge in [-0.25, -0.2) is 0 Å². The number of nitrogens with one attached hydrogen (secondary N) is 2. The van der Waals surface area contributed by atoms with Crippen LogP contribution in [0.4, 0.5) is 5.69 Å². The van der Waals surface area contributed by atoms with Gasteiger partial charge in [0.15, 0.2) is 0 Å². The highest BCUT2D eigenvalue weighted by Crippen LogP contribution is 2.26. The quantitative estimate of drug-likeness (QED) is 0.876. The van der Waals surface area contributed by atoms with E-state index in [1.807, 2.05) is 32.0 Å². The Morgan fingerprint density at radius 3 is 2.69 bits per heavy atom. The van der Waals surface area contributed by atoms with E-state index in [-0.39, 0.29) is 11.9 Å². The van der Waals surface area contributed by atoms with E-state index in [2.05, 4.69) is 42.5 Å². The zero-order valence-electron chi connectivity index (χ0n) is 9.18. The van der Waals surface area contributed by atoms with E-state index in [0.717, 1.165) is 14.6 Å². The maximum absolute atomic E-state index is 11.5. The SMILES string of the molecule is CCNC(=O)C(C)Nc1ccc(Br)cc1Br. The average Bonchev–Trinajstić information content (AvgIpc) is 2.22. The Bertz CT molecular complexity index is 382. The third-order valence-electron chi connectivity index (χ3n) is 2.05. The second-order valence-electron chi connectivity index (χ2n) is 3.38. The van der Waals surface area contributed by atoms with E-state index < -0.39 is 0 Å². The van der Waals surface area contributed by atoms with Crippen molar-refractivity contribution >= 4 is 43.5 Å². The molecule has 3 nitrogen and oxygen atoms in total. The van der Waals surface area contributed by atoms with E-state index in [9.17, 15) is 4.79 Å². The second-order valence-corrected chi connectivity index (χ2v) is 5.15. The lowest BCUT2D eigenvalue weighted by Crippen LogP contribution is -2.37. The van der Waals surface area contributed by atoms with Crippen LogP contribution in [0.5, 0.6) is 0 Å². The molecule has 1 unspecified atom stereocenters. The van der Waals surface area contributed by atoms with Gasteiger partial charge in [-0.3, -0.25) is 4.79 Å². The van der Waals surface area contributed by atoms with E-state index >= 15 is 0 Å². The first kappa shape index (κ1) is 13.5. The molecule has 1 aromatic carbocycles. The average molecular weight is 350 g/mol. The van der Waals surface area contributed by atoms with Crippen LogP contribution >= 0.6 is 31.9 Å². The van der Waals surface area contributed by atoms with Crippen LogP contribution < -0.4 is 10.6 Å². The molecule has 0 fully saturated rings. The molecule has 88 valence electrons. The number of benzene rings is 1. The molecule has 0 aromatic heterocycles. The Morgan fingerprint density at radius 2 is 2.12 bits per heavy atom. The summed E-state index contributed by atoms with van der Waals surface area (Å²) < 4.78 is 1.92. The van der Waals surface area contributed by atoms with Gasteiger partial charge in [0.05, 0.1) is 0 Å². The lowest BCUT2D eigenvalue weighted by Gasteiger charge is -2.15. The first-order chi connectivity index (χ1) is 7.54. The molecule has 0 heterocycles. The third-order valence-corrected chi connectivity index (χ3v) is 3.20. The van der Waals surface area contributed by atoms with Gasteiger partial charge in [0, 0.05) is 21.2 Å². The van der Waals surface area contributed by atoms with Gasteiger partial charge in [0.2, 0.25) is 5.91 Å². The minimum absolute atomic E-state index is 0.00248. The first-order valence-electron chi connectivity index (χ1n) is 5.04. The fourth-order valence-corrected chi connectivity index (χ4v) is 2.39. The second kappa shape index (κ2) is 6.25. The van der Waals surface area contributed by atoms with Crippen LogP contribution in [0, 0.1) is 0 Å². The Morgan fingerprint density at radius 1 is 1.44 bits per heavy atom. The number of carbonyl (C=O) groups excluding carboxylic acids is 1. The Balaban J connectivity index is 2.69. The summed E-state index contributed by atoms with van der Waals surface area (Å²) in [6.45, 7) is 4.38. The highest BCUT2D eigenvalue weighted by molar-refractivity contribution is 9.11. The summed E-state index contributed by atoms with van der Waals surface area (Å²) in [7, 11) is 0. The van der Waals surface area contributed by atoms with Crippen LogP contribution in [-0.2, 0) is 4.79 Å². The minimum Gasteiger partial charge on any atom is -0.373 e. The van der Waals surface area contributed by atoms with E-state index in [1.54, 1.807) is 0 Å². The minimum atomic E-state index is -0.252. The lowest BCUT2D eigenvalue weighted by molar-refractivity contribution is -0.121. The van der Waals surface area contributed by atoms with Gasteiger partial charge in [-0.1, -0.05) is 15.9 Å². The van der Waals surface area contributed by atoms with Crippen molar-refractivity contribution in [2.75, 3.05) is 11.9 Å². The number of anilines is 1. The molecule has 5 heteroatoms. The molecule has 0 aliphatic carbocycles. The largest absolute Gasteiger partial charge is 0.373 e. The van der Waals surface area contributed by atoms with Crippen molar-refractivity contribution in [3.8, 4) is 0 Å². The molecule has 0 aliphatic heterocycles. The van der Waals surface area contributed by atoms with Crippen molar-refractivity contribution in [3.05, 3.63) is 27.1 Å². The van der Waals surface area contributed by atoms with Crippen molar-refractivity contribution in [1.29, 1.82) is 0 Å². The highest BCUT2D eigenvalue weighted by atomic mass is 79.9. The van der Waals surface area contributed by atoms with Gasteiger partial charge in [0.25, 0.3) is 0 Å². The molecule has 0 spiro atoms. The fraction of sp³-hybridized carbons (Fsp3) is 0.364. The van der Waals surface area contributed by atoms with Crippen molar-refractivity contribution < 1.29 is 4.79 Å². The number of hydrogen-bond acceptors (Lipinski definition) is 2. The summed E-state index contributed by atoms with van der Waals surface area (Å²) in [5.41, 5.74) is 0.905. The number of amides is 1. The Kier molecular flexibility index (Phi) is 5.28. The van der Waals surface area contributed by atoms with Gasteiger partial charge in [-0.05, 0) is 48.0 Å². The molecule has 2 N–H and O–H groups in total. The highest BCUT2D eigenvalue weighted by Gasteiger charge is 2.12. The first-order valence-corrected chi connectivity index (χ1v) is 6.62. The molecule has 0 aliphatic rings. The van der Waals surface area contributed by atoms with Crippen LogP contribution in [0.15, 0.2) is 27.1 Å². The third kappa shape index (κ3) is 3.79. The number of rotatable bonds is 4. The Labute approximate surface area is 112 Å². The molecule has 0 saturated carbocycles. The van der Waals surface area contributed by atoms with Crippen molar-refractivity contribution in [2.45, 2.75) is 19.9 Å². The van der Waals surface area contributed by atoms with E-state index in [0.29, 0.717) is 6.54 Å². The van der Waals surface area contributed by atoms with Crippen LogP contribution in [0.2, 0.25) is 0 Å². The predicted molar refractivity (Wildman–Crippen MR) is 73.6 cm³/mol. The molecule has 1 rings (SSSR count). The maximum Gasteiger partial charge on any atom is 0.242 e. The van der Waals surface area contributed by atoms with Crippen molar-refractivity contribution in [3.63, 3.8) is 0 Å². The zero-order chi connectivity index (χ0) is 12.1. The molecule has 1 aromatic rings. The summed E-state index contributed by atoms with van der Waals surface area (Å²) in [6.07, 6.45) is 0. The van der Waals surface area contributed by atoms with E-state index in [4.69, 9.17) is 0 Å². The van der Waals surface area contributed by atoms with Gasteiger partial charge < -0.3 is 10.6 Å². The molecular weight excluding hydrogens is 336 g/mol. The van der Waals surface area contributed by atoms with Gasteiger partial charge >= 0.3 is 0 Å². The molecule has 0 radical (unpaired) electrons. The number of halogens is 2. The van der Waals surface area contributed by atoms with Gasteiger partial charge in [-0.15, -0.1) is 0 Å². The number of carbonyl (C=O) groups is 1. The molecule has 16 heavy (non-hydrogen) atoms. The smallest absolute Gasteiger partial charge is 0.242 e. The van der Waals surface area contributed by atoms with Crippen LogP contribution in [-0.4, -0.2) is 18.5 Å². The summed E-state index contributed by atoms with van der Waals surface area (Å²) in [5.74, 6) is -0.00248. The molecule has 0 saturated heterocycles. The number of likely N-dealkylation sites (N-methyl/N-ethyl adjacent to an activating group) is 1. The Hall–Kier alpha value is -0.550. The van der Waals surface area contributed by atoms with E-state index in [1.165, 1.54) is 0 Å². The van der Waals surface area contributed by atoms with Crippen LogP contribution in [0.25, 0.3) is 0 Å². The lowest BCUT2D eigenvalue weighted by atomic mass is 10.2. The standard InChI is InChI=1S/C11H14Br2N2O/c1-3-14-11(16)7(2)15-10-5-4-8(12)6-9(10)13/h4-7,15H,3H2,1-2H3,(H,14,16). The maximum atomic E-state index is 11.5. The normalized spacial score (nSPS) is 12.0. The molecule has 1 amide bonds. The zero-order valence-corrected chi connectivity index (χ0v) is 12.4. The predicted octanol–water partition coefficient (Wildman–Crippen LogP) is 3.15. The fourth-order valence-electron chi connectivity index (χ4n) is 1.23. The summed E-state index contributed by atoms with van der Waals surface area (Å²) >= 11 is 6.82. The summed E-state index contributed by atoms with van der Waals surface area (Å²) in [4.78, 5) is 11.5. The van der Waals surface area contributed by atoms with Gasteiger partial charge in [-0.2, -0.15) is 0 Å². The summed E-state index contributed by atoms with van der Waals surface area (Å²) in [5, 5.41) is 5.91.